The Hall–Kier alpha value is -3.10. The summed E-state index contributed by atoms with van der Waals surface area (Å²) < 4.78 is 3.23. The third-order valence-electron chi connectivity index (χ3n) is 5.15. The predicted molar refractivity (Wildman–Crippen MR) is 122 cm³/mol. The number of thioether (sulfide) groups is 1. The maximum Gasteiger partial charge on any atom is 0.265 e. The second-order valence-electron chi connectivity index (χ2n) is 7.43. The predicted octanol–water partition coefficient (Wildman–Crippen LogP) is 4.22. The van der Waals surface area contributed by atoms with E-state index in [9.17, 15) is 9.59 Å². The fraction of sp³-hybridized carbons (Fsp3) is 0.182. The molecule has 7 nitrogen and oxygen atoms in total. The molecule has 0 bridgehead atoms. The number of aromatic nitrogens is 4. The third-order valence-corrected chi connectivity index (χ3v) is 6.48. The fourth-order valence-corrected chi connectivity index (χ4v) is 5.04. The van der Waals surface area contributed by atoms with E-state index >= 15 is 0 Å². The summed E-state index contributed by atoms with van der Waals surface area (Å²) >= 11 is 7.57. The van der Waals surface area contributed by atoms with E-state index < -0.39 is 0 Å². The Bertz CT molecular complexity index is 1380. The number of benzene rings is 2. The van der Waals surface area contributed by atoms with Crippen molar-refractivity contribution in [3.8, 4) is 5.69 Å². The molecule has 0 spiro atoms. The zero-order valence-electron chi connectivity index (χ0n) is 16.6. The quantitative estimate of drug-likeness (QED) is 0.470. The first-order valence-electron chi connectivity index (χ1n) is 9.75. The molecule has 1 unspecified atom stereocenters. The Labute approximate surface area is 187 Å². The van der Waals surface area contributed by atoms with Crippen LogP contribution in [0.1, 0.15) is 18.0 Å². The van der Waals surface area contributed by atoms with Gasteiger partial charge in [-0.1, -0.05) is 41.6 Å². The van der Waals surface area contributed by atoms with Crippen LogP contribution in [-0.4, -0.2) is 31.0 Å². The lowest BCUT2D eigenvalue weighted by Gasteiger charge is -2.13. The number of carbonyl (C=O) groups is 1. The summed E-state index contributed by atoms with van der Waals surface area (Å²) in [5, 5.41) is 8.85. The van der Waals surface area contributed by atoms with E-state index in [0.29, 0.717) is 27.0 Å². The smallest absolute Gasteiger partial charge is 0.265 e. The molecular weight excluding hydrogens is 434 g/mol. The van der Waals surface area contributed by atoms with E-state index in [1.807, 2.05) is 43.3 Å². The van der Waals surface area contributed by atoms with E-state index in [2.05, 4.69) is 15.4 Å². The summed E-state index contributed by atoms with van der Waals surface area (Å²) in [5.74, 6) is 0.478. The topological polar surface area (TPSA) is 81.8 Å². The number of hydrogen-bond donors (Lipinski definition) is 1. The van der Waals surface area contributed by atoms with Gasteiger partial charge in [-0.05, 0) is 42.8 Å². The molecule has 0 fully saturated rings. The maximum atomic E-state index is 13.2. The van der Waals surface area contributed by atoms with Gasteiger partial charge in [-0.15, -0.1) is 0 Å². The van der Waals surface area contributed by atoms with Crippen molar-refractivity contribution >= 4 is 46.0 Å². The van der Waals surface area contributed by atoms with Gasteiger partial charge in [0.25, 0.3) is 5.56 Å². The molecule has 0 saturated heterocycles. The minimum Gasteiger partial charge on any atom is -0.326 e. The Balaban J connectivity index is 1.45. The van der Waals surface area contributed by atoms with Crippen molar-refractivity contribution in [2.75, 3.05) is 11.1 Å². The van der Waals surface area contributed by atoms with Crippen molar-refractivity contribution in [2.24, 2.45) is 0 Å². The number of rotatable bonds is 4. The molecule has 0 saturated carbocycles. The zero-order chi connectivity index (χ0) is 21.5. The van der Waals surface area contributed by atoms with E-state index in [-0.39, 0.29) is 23.9 Å². The molecule has 1 amide bonds. The number of amides is 1. The SMILES string of the molecule is Cc1cccc(NC(=O)CC2CSc3nc4c(cnn4-c4cccc(Cl)c4)c(=O)n32)c1. The van der Waals surface area contributed by atoms with Gasteiger partial charge in [0.1, 0.15) is 5.39 Å². The second kappa shape index (κ2) is 7.86. The molecule has 1 aliphatic heterocycles. The molecule has 9 heteroatoms. The minimum absolute atomic E-state index is 0.134. The van der Waals surface area contributed by atoms with Crippen LogP contribution in [0.5, 0.6) is 0 Å². The lowest BCUT2D eigenvalue weighted by Crippen LogP contribution is -2.27. The van der Waals surface area contributed by atoms with Crippen molar-refractivity contribution in [1.29, 1.82) is 0 Å². The van der Waals surface area contributed by atoms with Crippen molar-refractivity contribution in [3.63, 3.8) is 0 Å². The summed E-state index contributed by atoms with van der Waals surface area (Å²) in [6.45, 7) is 1.97. The number of nitrogens with one attached hydrogen (secondary N) is 1. The summed E-state index contributed by atoms with van der Waals surface area (Å²) in [4.78, 5) is 30.5. The van der Waals surface area contributed by atoms with Gasteiger partial charge >= 0.3 is 0 Å². The molecule has 1 aliphatic rings. The molecule has 2 aromatic carbocycles. The summed E-state index contributed by atoms with van der Waals surface area (Å²) in [7, 11) is 0. The van der Waals surface area contributed by atoms with E-state index in [0.717, 1.165) is 16.9 Å². The number of halogens is 1. The molecule has 4 aromatic rings. The maximum absolute atomic E-state index is 13.2. The Morgan fingerprint density at radius 3 is 2.90 bits per heavy atom. The second-order valence-corrected chi connectivity index (χ2v) is 8.85. The Kier molecular flexibility index (Phi) is 5.03. The lowest BCUT2D eigenvalue weighted by molar-refractivity contribution is -0.116. The highest BCUT2D eigenvalue weighted by Crippen LogP contribution is 2.33. The van der Waals surface area contributed by atoms with Crippen LogP contribution in [0.4, 0.5) is 5.69 Å². The lowest BCUT2D eigenvalue weighted by atomic mass is 10.2. The average molecular weight is 452 g/mol. The highest BCUT2D eigenvalue weighted by atomic mass is 35.5. The number of aryl methyl sites for hydroxylation is 1. The monoisotopic (exact) mass is 451 g/mol. The van der Waals surface area contributed by atoms with E-state index in [1.54, 1.807) is 21.4 Å². The fourth-order valence-electron chi connectivity index (χ4n) is 3.73. The van der Waals surface area contributed by atoms with Crippen molar-refractivity contribution < 1.29 is 4.79 Å². The minimum atomic E-state index is -0.260. The van der Waals surface area contributed by atoms with Crippen LogP contribution in [0, 0.1) is 6.92 Å². The van der Waals surface area contributed by atoms with Crippen LogP contribution in [-0.2, 0) is 4.79 Å². The summed E-state index contributed by atoms with van der Waals surface area (Å²) in [5.41, 5.74) is 2.85. The van der Waals surface area contributed by atoms with Gasteiger partial charge in [-0.2, -0.15) is 5.10 Å². The third kappa shape index (κ3) is 3.73. The van der Waals surface area contributed by atoms with Gasteiger partial charge in [0.05, 0.1) is 17.9 Å². The standard InChI is InChI=1S/C22H18ClN5O2S/c1-13-4-2-6-15(8-13)25-19(29)10-17-12-31-22-26-20-18(21(30)27(17)22)11-24-28(20)16-7-3-5-14(23)9-16/h2-9,11,17H,10,12H2,1H3,(H,25,29). The zero-order valence-corrected chi connectivity index (χ0v) is 18.2. The van der Waals surface area contributed by atoms with E-state index in [1.165, 1.54) is 18.0 Å². The number of hydrogen-bond acceptors (Lipinski definition) is 5. The molecule has 5 rings (SSSR count). The molecule has 3 heterocycles. The molecule has 31 heavy (non-hydrogen) atoms. The molecule has 1 atom stereocenters. The highest BCUT2D eigenvalue weighted by Gasteiger charge is 2.29. The van der Waals surface area contributed by atoms with Crippen LogP contribution in [0.25, 0.3) is 16.7 Å². The first-order valence-corrected chi connectivity index (χ1v) is 11.1. The number of anilines is 1. The normalized spacial score (nSPS) is 15.2. The van der Waals surface area contributed by atoms with Crippen LogP contribution >= 0.6 is 23.4 Å². The summed E-state index contributed by atoms with van der Waals surface area (Å²) in [6, 6.07) is 14.6. The first-order chi connectivity index (χ1) is 15.0. The van der Waals surface area contributed by atoms with Gasteiger partial charge in [-0.25, -0.2) is 9.67 Å². The number of fused-ring (bicyclic) bond motifs is 2. The highest BCUT2D eigenvalue weighted by molar-refractivity contribution is 7.99. The van der Waals surface area contributed by atoms with Crippen LogP contribution in [0.2, 0.25) is 5.02 Å². The van der Waals surface area contributed by atoms with E-state index in [4.69, 9.17) is 11.6 Å². The van der Waals surface area contributed by atoms with Gasteiger partial charge in [0.15, 0.2) is 10.8 Å². The average Bonchev–Trinajstić information content (AvgIpc) is 3.33. The van der Waals surface area contributed by atoms with Gasteiger partial charge in [0, 0.05) is 22.9 Å². The van der Waals surface area contributed by atoms with Crippen molar-refractivity contribution in [3.05, 3.63) is 75.7 Å². The van der Waals surface area contributed by atoms with Crippen LogP contribution < -0.4 is 10.9 Å². The van der Waals surface area contributed by atoms with Gasteiger partial charge in [-0.3, -0.25) is 14.2 Å². The molecular formula is C22H18ClN5O2S. The van der Waals surface area contributed by atoms with Crippen LogP contribution in [0.3, 0.4) is 0 Å². The van der Waals surface area contributed by atoms with Gasteiger partial charge in [0.2, 0.25) is 5.91 Å². The Morgan fingerprint density at radius 1 is 1.26 bits per heavy atom. The number of carbonyl (C=O) groups excluding carboxylic acids is 1. The molecule has 0 radical (unpaired) electrons. The molecule has 1 N–H and O–H groups in total. The van der Waals surface area contributed by atoms with Crippen molar-refractivity contribution in [2.45, 2.75) is 24.5 Å². The molecule has 156 valence electrons. The summed E-state index contributed by atoms with van der Waals surface area (Å²) in [6.07, 6.45) is 1.72. The Morgan fingerprint density at radius 2 is 2.10 bits per heavy atom. The van der Waals surface area contributed by atoms with Crippen molar-refractivity contribution in [1.82, 2.24) is 19.3 Å². The molecule has 2 aromatic heterocycles. The number of nitrogens with zero attached hydrogens (tertiary/aromatic N) is 4. The van der Waals surface area contributed by atoms with Gasteiger partial charge < -0.3 is 5.32 Å². The van der Waals surface area contributed by atoms with Crippen LogP contribution in [0.15, 0.2) is 64.7 Å². The molecule has 0 aliphatic carbocycles. The largest absolute Gasteiger partial charge is 0.326 e. The first kappa shape index (κ1) is 19.8.